The molecule has 1 aromatic carbocycles. The van der Waals surface area contributed by atoms with Crippen molar-refractivity contribution in [3.05, 3.63) is 46.5 Å². The Labute approximate surface area is 165 Å². The second-order valence-corrected chi connectivity index (χ2v) is 5.99. The number of esters is 2. The molecule has 0 spiro atoms. The molecule has 0 heterocycles. The van der Waals surface area contributed by atoms with Gasteiger partial charge in [0.1, 0.15) is 23.3 Å². The monoisotopic (exact) mass is 380 g/mol. The molecule has 0 atom stereocenters. The van der Waals surface area contributed by atoms with Gasteiger partial charge in [-0.25, -0.2) is 9.59 Å². The predicted octanol–water partition coefficient (Wildman–Crippen LogP) is 4.19. The molecule has 0 fully saturated rings. The first-order valence-corrected chi connectivity index (χ1v) is 9.23. The Morgan fingerprint density at radius 1 is 0.821 bits per heavy atom. The van der Waals surface area contributed by atoms with Crippen LogP contribution in [-0.2, 0) is 19.1 Å². The molecule has 0 amide bonds. The van der Waals surface area contributed by atoms with E-state index in [0.717, 1.165) is 25.7 Å². The first-order chi connectivity index (χ1) is 13.5. The van der Waals surface area contributed by atoms with E-state index in [4.69, 9.17) is 20.0 Å². The van der Waals surface area contributed by atoms with Crippen molar-refractivity contribution in [2.45, 2.75) is 39.5 Å². The molecule has 0 bridgehead atoms. The summed E-state index contributed by atoms with van der Waals surface area (Å²) in [4.78, 5) is 23.8. The third-order valence-corrected chi connectivity index (χ3v) is 3.70. The fraction of sp³-hybridized carbons (Fsp3) is 0.364. The van der Waals surface area contributed by atoms with Crippen molar-refractivity contribution < 1.29 is 19.1 Å². The van der Waals surface area contributed by atoms with Crippen molar-refractivity contribution >= 4 is 24.1 Å². The SMILES string of the molecule is CCCCOC(=O)/C(C#N)=C\c1ccc(/C=C(\C#N)C(=O)OCCCC)cc1. The van der Waals surface area contributed by atoms with Gasteiger partial charge in [0.2, 0.25) is 0 Å². The van der Waals surface area contributed by atoms with Gasteiger partial charge in [0.05, 0.1) is 13.2 Å². The van der Waals surface area contributed by atoms with Gasteiger partial charge >= 0.3 is 11.9 Å². The van der Waals surface area contributed by atoms with E-state index in [9.17, 15) is 9.59 Å². The highest BCUT2D eigenvalue weighted by molar-refractivity contribution is 5.98. The smallest absolute Gasteiger partial charge is 0.348 e. The average Bonchev–Trinajstić information content (AvgIpc) is 2.71. The zero-order valence-corrected chi connectivity index (χ0v) is 16.2. The fourth-order valence-corrected chi connectivity index (χ4v) is 2.07. The molecule has 1 rings (SSSR count). The number of nitriles is 2. The van der Waals surface area contributed by atoms with Gasteiger partial charge in [-0.1, -0.05) is 51.0 Å². The lowest BCUT2D eigenvalue weighted by atomic mass is 10.1. The van der Waals surface area contributed by atoms with Crippen LogP contribution in [0.2, 0.25) is 0 Å². The molecule has 0 saturated carbocycles. The van der Waals surface area contributed by atoms with Gasteiger partial charge < -0.3 is 9.47 Å². The van der Waals surface area contributed by atoms with E-state index < -0.39 is 11.9 Å². The molecular formula is C22H24N2O4. The van der Waals surface area contributed by atoms with Crippen LogP contribution in [0, 0.1) is 22.7 Å². The van der Waals surface area contributed by atoms with Crippen LogP contribution in [0.4, 0.5) is 0 Å². The van der Waals surface area contributed by atoms with E-state index in [1.807, 2.05) is 26.0 Å². The summed E-state index contributed by atoms with van der Waals surface area (Å²) in [5.74, 6) is -1.30. The molecule has 0 aliphatic rings. The summed E-state index contributed by atoms with van der Waals surface area (Å²) < 4.78 is 10.1. The topological polar surface area (TPSA) is 100 Å². The van der Waals surface area contributed by atoms with E-state index >= 15 is 0 Å². The predicted molar refractivity (Wildman–Crippen MR) is 105 cm³/mol. The molecule has 0 aliphatic heterocycles. The number of carbonyl (C=O) groups is 2. The second-order valence-electron chi connectivity index (χ2n) is 5.99. The van der Waals surface area contributed by atoms with E-state index in [2.05, 4.69) is 0 Å². The molecule has 28 heavy (non-hydrogen) atoms. The number of benzene rings is 1. The van der Waals surface area contributed by atoms with E-state index in [0.29, 0.717) is 11.1 Å². The van der Waals surface area contributed by atoms with E-state index in [1.54, 1.807) is 24.3 Å². The van der Waals surface area contributed by atoms with Crippen molar-refractivity contribution in [3.8, 4) is 12.1 Å². The molecule has 0 saturated heterocycles. The molecule has 146 valence electrons. The maximum atomic E-state index is 11.9. The quantitative estimate of drug-likeness (QED) is 0.261. The number of unbranched alkanes of at least 4 members (excludes halogenated alkanes) is 2. The van der Waals surface area contributed by atoms with Crippen molar-refractivity contribution in [1.82, 2.24) is 0 Å². The minimum Gasteiger partial charge on any atom is -0.462 e. The van der Waals surface area contributed by atoms with Crippen LogP contribution >= 0.6 is 0 Å². The van der Waals surface area contributed by atoms with Crippen molar-refractivity contribution in [1.29, 1.82) is 10.5 Å². The van der Waals surface area contributed by atoms with Gasteiger partial charge in [-0.3, -0.25) is 0 Å². The lowest BCUT2D eigenvalue weighted by molar-refractivity contribution is -0.139. The van der Waals surface area contributed by atoms with Gasteiger partial charge in [-0.2, -0.15) is 10.5 Å². The molecule has 0 radical (unpaired) electrons. The first kappa shape index (κ1) is 22.7. The maximum absolute atomic E-state index is 11.9. The number of nitrogens with zero attached hydrogens (tertiary/aromatic N) is 2. The summed E-state index contributed by atoms with van der Waals surface area (Å²) in [6.45, 7) is 4.52. The largest absolute Gasteiger partial charge is 0.462 e. The van der Waals surface area contributed by atoms with Crippen LogP contribution in [0.1, 0.15) is 50.7 Å². The van der Waals surface area contributed by atoms with E-state index in [1.165, 1.54) is 12.2 Å². The molecule has 6 nitrogen and oxygen atoms in total. The summed E-state index contributed by atoms with van der Waals surface area (Å²) >= 11 is 0. The summed E-state index contributed by atoms with van der Waals surface area (Å²) in [6, 6.07) is 10.4. The van der Waals surface area contributed by atoms with Crippen molar-refractivity contribution in [3.63, 3.8) is 0 Å². The second kappa shape index (κ2) is 12.9. The van der Waals surface area contributed by atoms with Gasteiger partial charge in [-0.05, 0) is 36.1 Å². The van der Waals surface area contributed by atoms with Gasteiger partial charge in [0.15, 0.2) is 0 Å². The van der Waals surface area contributed by atoms with Gasteiger partial charge in [-0.15, -0.1) is 0 Å². The van der Waals surface area contributed by atoms with Crippen molar-refractivity contribution in [2.24, 2.45) is 0 Å². The molecule has 6 heteroatoms. The van der Waals surface area contributed by atoms with Gasteiger partial charge in [0, 0.05) is 0 Å². The molecule has 0 unspecified atom stereocenters. The van der Waals surface area contributed by atoms with Crippen LogP contribution in [0.3, 0.4) is 0 Å². The molecular weight excluding hydrogens is 356 g/mol. The Hall–Kier alpha value is -3.38. The standard InChI is InChI=1S/C22H24N2O4/c1-3-5-11-27-21(25)19(15-23)13-17-7-9-18(10-8-17)14-20(16-24)22(26)28-12-6-4-2/h7-10,13-14H,3-6,11-12H2,1-2H3/b19-13-,20-14+. The minimum atomic E-state index is -0.651. The maximum Gasteiger partial charge on any atom is 0.348 e. The number of ether oxygens (including phenoxy) is 2. The van der Waals surface area contributed by atoms with Crippen LogP contribution < -0.4 is 0 Å². The van der Waals surface area contributed by atoms with Crippen molar-refractivity contribution in [2.75, 3.05) is 13.2 Å². The third kappa shape index (κ3) is 7.88. The lowest BCUT2D eigenvalue weighted by Crippen LogP contribution is -2.08. The zero-order valence-electron chi connectivity index (χ0n) is 16.2. The van der Waals surface area contributed by atoms with Crippen LogP contribution in [-0.4, -0.2) is 25.2 Å². The number of hydrogen-bond acceptors (Lipinski definition) is 6. The summed E-state index contributed by atoms with van der Waals surface area (Å²) in [6.07, 6.45) is 6.15. The zero-order chi connectivity index (χ0) is 20.8. The summed E-state index contributed by atoms with van der Waals surface area (Å²) in [5, 5.41) is 18.3. The van der Waals surface area contributed by atoms with E-state index in [-0.39, 0.29) is 24.4 Å². The Kier molecular flexibility index (Phi) is 10.4. The highest BCUT2D eigenvalue weighted by atomic mass is 16.5. The summed E-state index contributed by atoms with van der Waals surface area (Å²) in [7, 11) is 0. The Bertz CT molecular complexity index is 739. The first-order valence-electron chi connectivity index (χ1n) is 9.23. The fourth-order valence-electron chi connectivity index (χ4n) is 2.07. The number of carbonyl (C=O) groups excluding carboxylic acids is 2. The number of hydrogen-bond donors (Lipinski definition) is 0. The minimum absolute atomic E-state index is 0.0865. The van der Waals surface area contributed by atoms with Gasteiger partial charge in [0.25, 0.3) is 0 Å². The van der Waals surface area contributed by atoms with Crippen LogP contribution in [0.15, 0.2) is 35.4 Å². The lowest BCUT2D eigenvalue weighted by Gasteiger charge is -2.03. The summed E-state index contributed by atoms with van der Waals surface area (Å²) in [5.41, 5.74) is 1.09. The molecule has 0 aliphatic carbocycles. The highest BCUT2D eigenvalue weighted by Gasteiger charge is 2.11. The Balaban J connectivity index is 2.86. The highest BCUT2D eigenvalue weighted by Crippen LogP contribution is 2.13. The normalized spacial score (nSPS) is 11.3. The van der Waals surface area contributed by atoms with Crippen LogP contribution in [0.25, 0.3) is 12.2 Å². The molecule has 1 aromatic rings. The Morgan fingerprint density at radius 2 is 1.18 bits per heavy atom. The average molecular weight is 380 g/mol. The third-order valence-electron chi connectivity index (χ3n) is 3.70. The number of rotatable bonds is 10. The van der Waals surface area contributed by atoms with Crippen LogP contribution in [0.5, 0.6) is 0 Å². The molecule has 0 N–H and O–H groups in total. The molecule has 0 aromatic heterocycles. The Morgan fingerprint density at radius 3 is 1.46 bits per heavy atom.